The second kappa shape index (κ2) is 6.36. The average Bonchev–Trinajstić information content (AvgIpc) is 3.03. The summed E-state index contributed by atoms with van der Waals surface area (Å²) >= 11 is 1.49. The van der Waals surface area contributed by atoms with Gasteiger partial charge in [-0.15, -0.1) is 10.2 Å². The van der Waals surface area contributed by atoms with Crippen molar-refractivity contribution in [1.29, 1.82) is 0 Å². The van der Waals surface area contributed by atoms with Crippen LogP contribution in [0.25, 0.3) is 0 Å². The van der Waals surface area contributed by atoms with Gasteiger partial charge in [-0.05, 0) is 39.5 Å². The Labute approximate surface area is 129 Å². The lowest BCUT2D eigenvalue weighted by Gasteiger charge is -2.15. The van der Waals surface area contributed by atoms with Crippen LogP contribution in [-0.4, -0.2) is 45.2 Å². The number of aryl methyl sites for hydroxylation is 1. The van der Waals surface area contributed by atoms with Crippen molar-refractivity contribution < 1.29 is 9.53 Å². The third kappa shape index (κ3) is 3.58. The first-order chi connectivity index (χ1) is 10.1. The molecule has 1 saturated heterocycles. The molecule has 1 aromatic heterocycles. The van der Waals surface area contributed by atoms with Gasteiger partial charge in [0, 0.05) is 19.2 Å². The molecule has 2 fully saturated rings. The van der Waals surface area contributed by atoms with Crippen LogP contribution in [0.15, 0.2) is 5.16 Å². The quantitative estimate of drug-likeness (QED) is 0.810. The summed E-state index contributed by atoms with van der Waals surface area (Å²) < 4.78 is 7.68. The van der Waals surface area contributed by atoms with Gasteiger partial charge in [0.25, 0.3) is 0 Å². The number of hydrogen-bond acceptors (Lipinski definition) is 5. The SMILES string of the molecule is Cc1nnc(S[C@@H](C)C(=O)NC[C@@H]2CCCO2)n1C1CC1. The number of thioether (sulfide) groups is 1. The average molecular weight is 310 g/mol. The van der Waals surface area contributed by atoms with E-state index in [4.69, 9.17) is 4.74 Å². The molecule has 0 spiro atoms. The predicted octanol–water partition coefficient (Wildman–Crippen LogP) is 1.70. The molecule has 1 N–H and O–H groups in total. The Bertz CT molecular complexity index is 509. The number of rotatable bonds is 6. The largest absolute Gasteiger partial charge is 0.376 e. The Morgan fingerprint density at radius 3 is 2.95 bits per heavy atom. The molecule has 6 nitrogen and oxygen atoms in total. The summed E-state index contributed by atoms with van der Waals surface area (Å²) in [7, 11) is 0. The molecule has 1 amide bonds. The molecule has 1 aliphatic carbocycles. The zero-order valence-corrected chi connectivity index (χ0v) is 13.4. The highest BCUT2D eigenvalue weighted by Gasteiger charge is 2.30. The minimum atomic E-state index is -0.174. The summed E-state index contributed by atoms with van der Waals surface area (Å²) in [5, 5.41) is 12.0. The van der Waals surface area contributed by atoms with Crippen LogP contribution >= 0.6 is 11.8 Å². The molecule has 1 aliphatic heterocycles. The van der Waals surface area contributed by atoms with Crippen molar-refractivity contribution in [2.75, 3.05) is 13.2 Å². The molecule has 0 aromatic carbocycles. The highest BCUT2D eigenvalue weighted by atomic mass is 32.2. The monoisotopic (exact) mass is 310 g/mol. The fraction of sp³-hybridized carbons (Fsp3) is 0.786. The van der Waals surface area contributed by atoms with Crippen LogP contribution in [0.5, 0.6) is 0 Å². The zero-order valence-electron chi connectivity index (χ0n) is 12.5. The number of ether oxygens (including phenoxy) is 1. The molecule has 1 saturated carbocycles. The van der Waals surface area contributed by atoms with Gasteiger partial charge in [-0.3, -0.25) is 4.79 Å². The van der Waals surface area contributed by atoms with Crippen LogP contribution in [0.3, 0.4) is 0 Å². The van der Waals surface area contributed by atoms with E-state index in [1.54, 1.807) is 0 Å². The Kier molecular flexibility index (Phi) is 4.49. The molecule has 116 valence electrons. The number of carbonyl (C=O) groups excluding carboxylic acids is 1. The molecule has 0 unspecified atom stereocenters. The van der Waals surface area contributed by atoms with E-state index in [0.717, 1.165) is 30.4 Å². The lowest BCUT2D eigenvalue weighted by Crippen LogP contribution is -2.36. The van der Waals surface area contributed by atoms with Crippen molar-refractivity contribution in [2.45, 2.75) is 62.1 Å². The Morgan fingerprint density at radius 2 is 2.29 bits per heavy atom. The maximum Gasteiger partial charge on any atom is 0.233 e. The van der Waals surface area contributed by atoms with Gasteiger partial charge in [0.05, 0.1) is 11.4 Å². The van der Waals surface area contributed by atoms with Crippen molar-refractivity contribution in [3.8, 4) is 0 Å². The van der Waals surface area contributed by atoms with E-state index >= 15 is 0 Å². The molecule has 0 radical (unpaired) electrons. The van der Waals surface area contributed by atoms with E-state index in [2.05, 4.69) is 20.1 Å². The van der Waals surface area contributed by atoms with Crippen molar-refractivity contribution in [3.63, 3.8) is 0 Å². The second-order valence-electron chi connectivity index (χ2n) is 5.77. The summed E-state index contributed by atoms with van der Waals surface area (Å²) in [5.74, 6) is 0.977. The highest BCUT2D eigenvalue weighted by molar-refractivity contribution is 8.00. The molecule has 3 rings (SSSR count). The molecule has 2 heterocycles. The normalized spacial score (nSPS) is 23.2. The smallest absolute Gasteiger partial charge is 0.233 e. The van der Waals surface area contributed by atoms with Crippen LogP contribution in [0.2, 0.25) is 0 Å². The summed E-state index contributed by atoms with van der Waals surface area (Å²) in [6.45, 7) is 5.31. The third-order valence-electron chi connectivity index (χ3n) is 3.93. The van der Waals surface area contributed by atoms with E-state index < -0.39 is 0 Å². The number of nitrogens with zero attached hydrogens (tertiary/aromatic N) is 3. The lowest BCUT2D eigenvalue weighted by molar-refractivity contribution is -0.120. The van der Waals surface area contributed by atoms with Gasteiger partial charge in [0.15, 0.2) is 5.16 Å². The van der Waals surface area contributed by atoms with Gasteiger partial charge >= 0.3 is 0 Å². The minimum Gasteiger partial charge on any atom is -0.376 e. The lowest BCUT2D eigenvalue weighted by atomic mass is 10.2. The maximum atomic E-state index is 12.2. The van der Waals surface area contributed by atoms with Crippen molar-refractivity contribution in [1.82, 2.24) is 20.1 Å². The van der Waals surface area contributed by atoms with Gasteiger partial charge in [-0.1, -0.05) is 11.8 Å². The highest BCUT2D eigenvalue weighted by Crippen LogP contribution is 2.39. The van der Waals surface area contributed by atoms with Gasteiger partial charge in [0.2, 0.25) is 5.91 Å². The first-order valence-corrected chi connectivity index (χ1v) is 8.50. The fourth-order valence-corrected chi connectivity index (χ4v) is 3.55. The topological polar surface area (TPSA) is 69.0 Å². The summed E-state index contributed by atoms with van der Waals surface area (Å²) in [6, 6.07) is 0.532. The van der Waals surface area contributed by atoms with Crippen LogP contribution in [0, 0.1) is 6.92 Å². The Morgan fingerprint density at radius 1 is 1.48 bits per heavy atom. The summed E-state index contributed by atoms with van der Waals surface area (Å²) in [4.78, 5) is 12.2. The standard InChI is InChI=1S/C14H22N4O2S/c1-9(13(19)15-8-12-4-3-7-20-12)21-14-17-16-10(2)18(14)11-5-6-11/h9,11-12H,3-8H2,1-2H3,(H,15,19)/t9-,12-/m0/s1. The van der Waals surface area contributed by atoms with Crippen LogP contribution < -0.4 is 5.32 Å². The summed E-state index contributed by atoms with van der Waals surface area (Å²) in [6.07, 6.45) is 4.69. The van der Waals surface area contributed by atoms with E-state index in [0.29, 0.717) is 12.6 Å². The van der Waals surface area contributed by atoms with Gasteiger partial charge in [-0.25, -0.2) is 0 Å². The first kappa shape index (κ1) is 14.8. The number of amides is 1. The van der Waals surface area contributed by atoms with Gasteiger partial charge < -0.3 is 14.6 Å². The van der Waals surface area contributed by atoms with Gasteiger partial charge in [0.1, 0.15) is 5.82 Å². The zero-order chi connectivity index (χ0) is 14.8. The van der Waals surface area contributed by atoms with E-state index in [1.165, 1.54) is 24.6 Å². The molecule has 7 heteroatoms. The molecular formula is C14H22N4O2S. The fourth-order valence-electron chi connectivity index (χ4n) is 2.56. The molecule has 21 heavy (non-hydrogen) atoms. The van der Waals surface area contributed by atoms with Crippen LogP contribution in [-0.2, 0) is 9.53 Å². The maximum absolute atomic E-state index is 12.2. The molecule has 2 aliphatic rings. The minimum absolute atomic E-state index is 0.0403. The number of nitrogens with one attached hydrogen (secondary N) is 1. The van der Waals surface area contributed by atoms with Crippen molar-refractivity contribution >= 4 is 17.7 Å². The van der Waals surface area contributed by atoms with Crippen LogP contribution in [0.1, 0.15) is 44.5 Å². The van der Waals surface area contributed by atoms with E-state index in [9.17, 15) is 4.79 Å². The van der Waals surface area contributed by atoms with Crippen LogP contribution in [0.4, 0.5) is 0 Å². The Hall–Kier alpha value is -1.08. The first-order valence-electron chi connectivity index (χ1n) is 7.62. The summed E-state index contributed by atoms with van der Waals surface area (Å²) in [5.41, 5.74) is 0. The third-order valence-corrected chi connectivity index (χ3v) is 4.98. The molecule has 0 bridgehead atoms. The Balaban J connectivity index is 1.53. The van der Waals surface area contributed by atoms with E-state index in [-0.39, 0.29) is 17.3 Å². The second-order valence-corrected chi connectivity index (χ2v) is 7.08. The molecule has 2 atom stereocenters. The number of aromatic nitrogens is 3. The molecular weight excluding hydrogens is 288 g/mol. The van der Waals surface area contributed by atoms with Gasteiger partial charge in [-0.2, -0.15) is 0 Å². The van der Waals surface area contributed by atoms with E-state index in [1.807, 2.05) is 13.8 Å². The van der Waals surface area contributed by atoms with Crippen molar-refractivity contribution in [3.05, 3.63) is 5.82 Å². The van der Waals surface area contributed by atoms with Crippen molar-refractivity contribution in [2.24, 2.45) is 0 Å². The number of carbonyl (C=O) groups is 1. The number of hydrogen-bond donors (Lipinski definition) is 1. The predicted molar refractivity (Wildman–Crippen MR) is 80.3 cm³/mol. The molecule has 1 aromatic rings.